The van der Waals surface area contributed by atoms with Crippen LogP contribution < -0.4 is 9.47 Å². The van der Waals surface area contributed by atoms with Gasteiger partial charge in [0.1, 0.15) is 0 Å². The van der Waals surface area contributed by atoms with Gasteiger partial charge in [0.25, 0.3) is 0 Å². The number of pyridine rings is 1. The lowest BCUT2D eigenvalue weighted by molar-refractivity contribution is -0.917. The van der Waals surface area contributed by atoms with E-state index in [9.17, 15) is 5.21 Å². The van der Waals surface area contributed by atoms with Crippen molar-refractivity contribution in [3.63, 3.8) is 0 Å². The molecule has 3 nitrogen and oxygen atoms in total. The van der Waals surface area contributed by atoms with Crippen molar-refractivity contribution in [2.75, 3.05) is 7.11 Å². The highest BCUT2D eigenvalue weighted by atomic mass is 79.9. The molecule has 0 amide bonds. The van der Waals surface area contributed by atoms with E-state index in [1.807, 2.05) is 19.1 Å². The number of ether oxygens (including phenoxy) is 1. The number of aryl methyl sites for hydroxylation is 1. The van der Waals surface area contributed by atoms with Crippen molar-refractivity contribution >= 4 is 15.9 Å². The van der Waals surface area contributed by atoms with Crippen molar-refractivity contribution in [2.24, 2.45) is 0 Å². The molecule has 0 aromatic carbocycles. The Morgan fingerprint density at radius 1 is 1.58 bits per heavy atom. The van der Waals surface area contributed by atoms with Crippen LogP contribution in [0.5, 0.6) is 5.75 Å². The van der Waals surface area contributed by atoms with Crippen molar-refractivity contribution < 1.29 is 14.7 Å². The van der Waals surface area contributed by atoms with E-state index in [1.165, 1.54) is 0 Å². The Morgan fingerprint density at radius 2 is 2.25 bits per heavy atom. The molecule has 1 aromatic heterocycles. The van der Waals surface area contributed by atoms with Gasteiger partial charge in [-0.25, -0.2) is 0 Å². The number of halogens is 1. The Hall–Kier alpha value is -0.770. The fourth-order valence-electron chi connectivity index (χ4n) is 0.962. The van der Waals surface area contributed by atoms with Gasteiger partial charge in [-0.2, -0.15) is 0 Å². The smallest absolute Gasteiger partial charge is 0.340 e. The molecule has 0 radical (unpaired) electrons. The van der Waals surface area contributed by atoms with Crippen molar-refractivity contribution in [1.29, 1.82) is 0 Å². The zero-order valence-electron chi connectivity index (χ0n) is 7.04. The summed E-state index contributed by atoms with van der Waals surface area (Å²) in [5, 5.41) is 9.50. The average molecular weight is 233 g/mol. The van der Waals surface area contributed by atoms with Gasteiger partial charge in [-0.3, -0.25) is 5.21 Å². The summed E-state index contributed by atoms with van der Waals surface area (Å²) < 4.78 is 6.63. The van der Waals surface area contributed by atoms with Gasteiger partial charge in [0.05, 0.1) is 7.11 Å². The highest BCUT2D eigenvalue weighted by Gasteiger charge is 2.18. The fourth-order valence-corrected chi connectivity index (χ4v) is 1.48. The maximum atomic E-state index is 9.50. The quantitative estimate of drug-likeness (QED) is 0.477. The molecule has 0 fully saturated rings. The van der Waals surface area contributed by atoms with Gasteiger partial charge in [-0.1, -0.05) is 6.92 Å². The normalized spacial score (nSPS) is 9.92. The lowest BCUT2D eigenvalue weighted by atomic mass is 10.3. The predicted molar refractivity (Wildman–Crippen MR) is 47.5 cm³/mol. The van der Waals surface area contributed by atoms with Gasteiger partial charge < -0.3 is 4.74 Å². The van der Waals surface area contributed by atoms with Crippen LogP contribution in [0.3, 0.4) is 0 Å². The first kappa shape index (κ1) is 9.32. The van der Waals surface area contributed by atoms with Gasteiger partial charge in [-0.15, -0.1) is 0 Å². The Bertz CT molecular complexity index is 260. The molecule has 0 spiro atoms. The van der Waals surface area contributed by atoms with Crippen LogP contribution in [0.15, 0.2) is 16.7 Å². The first-order chi connectivity index (χ1) is 5.70. The summed E-state index contributed by atoms with van der Waals surface area (Å²) in [6.45, 7) is 1.97. The number of hydrogen-bond donors (Lipinski definition) is 1. The van der Waals surface area contributed by atoms with Crippen molar-refractivity contribution in [3.05, 3.63) is 22.4 Å². The van der Waals surface area contributed by atoms with Crippen LogP contribution in [0, 0.1) is 0 Å². The first-order valence-corrected chi connectivity index (χ1v) is 4.46. The van der Waals surface area contributed by atoms with Gasteiger partial charge in [0.2, 0.25) is 11.4 Å². The molecular weight excluding hydrogens is 222 g/mol. The van der Waals surface area contributed by atoms with E-state index in [2.05, 4.69) is 15.9 Å². The molecule has 1 aromatic rings. The Morgan fingerprint density at radius 3 is 2.75 bits per heavy atom. The lowest BCUT2D eigenvalue weighted by Crippen LogP contribution is -2.36. The molecule has 1 N–H and O–H groups in total. The summed E-state index contributed by atoms with van der Waals surface area (Å²) in [7, 11) is 1.56. The largest absolute Gasteiger partial charge is 0.490 e. The van der Waals surface area contributed by atoms with Crippen LogP contribution in [-0.2, 0) is 6.42 Å². The van der Waals surface area contributed by atoms with E-state index in [0.717, 1.165) is 16.8 Å². The summed E-state index contributed by atoms with van der Waals surface area (Å²) in [4.78, 5) is 0. The molecule has 0 saturated heterocycles. The zero-order chi connectivity index (χ0) is 9.14. The van der Waals surface area contributed by atoms with Crippen molar-refractivity contribution in [3.8, 4) is 5.75 Å². The molecule has 1 rings (SSSR count). The van der Waals surface area contributed by atoms with Crippen LogP contribution in [0.2, 0.25) is 0 Å². The molecule has 4 heteroatoms. The van der Waals surface area contributed by atoms with Gasteiger partial charge >= 0.3 is 4.60 Å². The standard InChI is InChI=1S/C8H11BrNO2/c1-3-6-4-5-7(12-2)8(9)10(6)11/h4-5,11H,3H2,1-2H3/q+1. The molecule has 66 valence electrons. The minimum atomic E-state index is 0.546. The molecule has 0 bridgehead atoms. The van der Waals surface area contributed by atoms with Gasteiger partial charge in [0.15, 0.2) is 0 Å². The molecule has 0 aliphatic rings. The van der Waals surface area contributed by atoms with Crippen molar-refractivity contribution in [1.82, 2.24) is 0 Å². The molecule has 0 atom stereocenters. The second kappa shape index (κ2) is 3.76. The first-order valence-electron chi connectivity index (χ1n) is 3.67. The van der Waals surface area contributed by atoms with E-state index in [1.54, 1.807) is 7.11 Å². The third-order valence-electron chi connectivity index (χ3n) is 1.67. The molecule has 0 aliphatic carbocycles. The van der Waals surface area contributed by atoms with E-state index < -0.39 is 0 Å². The molecular formula is C8H11BrNO2+. The highest BCUT2D eigenvalue weighted by molar-refractivity contribution is 9.10. The maximum Gasteiger partial charge on any atom is 0.340 e. The van der Waals surface area contributed by atoms with Crippen LogP contribution in [-0.4, -0.2) is 12.3 Å². The maximum absolute atomic E-state index is 9.50. The van der Waals surface area contributed by atoms with Gasteiger partial charge in [0, 0.05) is 33.1 Å². The third-order valence-corrected chi connectivity index (χ3v) is 2.40. The minimum Gasteiger partial charge on any atom is -0.490 e. The van der Waals surface area contributed by atoms with E-state index in [0.29, 0.717) is 10.4 Å². The van der Waals surface area contributed by atoms with Gasteiger partial charge in [-0.05, 0) is 6.07 Å². The zero-order valence-corrected chi connectivity index (χ0v) is 8.63. The number of rotatable bonds is 2. The molecule has 1 heterocycles. The molecule has 12 heavy (non-hydrogen) atoms. The molecule has 0 unspecified atom stereocenters. The summed E-state index contributed by atoms with van der Waals surface area (Å²) in [5.41, 5.74) is 0.836. The lowest BCUT2D eigenvalue weighted by Gasteiger charge is -2.00. The van der Waals surface area contributed by atoms with E-state index in [4.69, 9.17) is 4.74 Å². The summed E-state index contributed by atoms with van der Waals surface area (Å²) in [6, 6.07) is 3.64. The topological polar surface area (TPSA) is 33.3 Å². The Balaban J connectivity index is 3.20. The number of methoxy groups -OCH3 is 1. The van der Waals surface area contributed by atoms with E-state index >= 15 is 0 Å². The summed E-state index contributed by atoms with van der Waals surface area (Å²) in [5.74, 6) is 0.620. The monoisotopic (exact) mass is 232 g/mol. The second-order valence-corrected chi connectivity index (χ2v) is 3.10. The number of nitrogens with zero attached hydrogens (tertiary/aromatic N) is 1. The fraction of sp³-hybridized carbons (Fsp3) is 0.375. The van der Waals surface area contributed by atoms with Crippen LogP contribution in [0.25, 0.3) is 0 Å². The Labute approximate surface area is 79.7 Å². The predicted octanol–water partition coefficient (Wildman–Crippen LogP) is 1.54. The highest BCUT2D eigenvalue weighted by Crippen LogP contribution is 2.20. The Kier molecular flexibility index (Phi) is 2.92. The number of hydrogen-bond acceptors (Lipinski definition) is 2. The summed E-state index contributed by atoms with van der Waals surface area (Å²) >= 11 is 3.22. The minimum absolute atomic E-state index is 0.546. The summed E-state index contributed by atoms with van der Waals surface area (Å²) in [6.07, 6.45) is 0.777. The van der Waals surface area contributed by atoms with Crippen LogP contribution in [0.1, 0.15) is 12.6 Å². The number of aromatic nitrogens is 1. The SMILES string of the molecule is CCc1ccc(OC)c(Br)[n+]1O. The average Bonchev–Trinajstić information content (AvgIpc) is 2.10. The molecule has 0 aliphatic heterocycles. The third kappa shape index (κ3) is 1.53. The van der Waals surface area contributed by atoms with Crippen molar-refractivity contribution in [2.45, 2.75) is 13.3 Å². The molecule has 0 saturated carbocycles. The second-order valence-electron chi connectivity index (χ2n) is 2.35. The van der Waals surface area contributed by atoms with E-state index in [-0.39, 0.29) is 0 Å². The van der Waals surface area contributed by atoms with Crippen LogP contribution in [0.4, 0.5) is 0 Å². The van der Waals surface area contributed by atoms with Crippen LogP contribution >= 0.6 is 15.9 Å².